The highest BCUT2D eigenvalue weighted by Gasteiger charge is 2.43. The average Bonchev–Trinajstić information content (AvgIpc) is 2.88. The van der Waals surface area contributed by atoms with Crippen molar-refractivity contribution in [2.45, 2.75) is 57.4 Å². The van der Waals surface area contributed by atoms with Crippen LogP contribution in [0.25, 0.3) is 0 Å². The van der Waals surface area contributed by atoms with E-state index >= 15 is 0 Å². The van der Waals surface area contributed by atoms with Crippen LogP contribution in [0.3, 0.4) is 0 Å². The molecule has 134 valence electrons. The maximum atomic E-state index is 12.0. The molecule has 3 unspecified atom stereocenters. The van der Waals surface area contributed by atoms with Gasteiger partial charge in [-0.15, -0.1) is 0 Å². The molecule has 3 heterocycles. The molecule has 0 spiro atoms. The second-order valence-corrected chi connectivity index (χ2v) is 7.76. The molecule has 0 radical (unpaired) electrons. The lowest BCUT2D eigenvalue weighted by molar-refractivity contribution is -0.947. The van der Waals surface area contributed by atoms with Gasteiger partial charge in [-0.05, 0) is 25.7 Å². The van der Waals surface area contributed by atoms with Crippen LogP contribution in [0.4, 0.5) is 0 Å². The molecule has 6 heteroatoms. The van der Waals surface area contributed by atoms with Crippen molar-refractivity contribution in [3.05, 3.63) is 0 Å². The van der Waals surface area contributed by atoms with Crippen LogP contribution in [0.1, 0.15) is 51.4 Å². The third-order valence-corrected chi connectivity index (χ3v) is 6.16. The van der Waals surface area contributed by atoms with Crippen LogP contribution in [0.2, 0.25) is 0 Å². The molecule has 0 aromatic carbocycles. The van der Waals surface area contributed by atoms with Gasteiger partial charge in [-0.25, -0.2) is 0 Å². The monoisotopic (exact) mass is 337 g/mol. The van der Waals surface area contributed by atoms with Gasteiger partial charge in [0.05, 0.1) is 39.2 Å². The van der Waals surface area contributed by atoms with Crippen LogP contribution >= 0.6 is 0 Å². The number of carbonyl (C=O) groups excluding carboxylic acids is 3. The van der Waals surface area contributed by atoms with Crippen molar-refractivity contribution in [1.29, 1.82) is 0 Å². The zero-order valence-electron chi connectivity index (χ0n) is 14.7. The number of esters is 1. The van der Waals surface area contributed by atoms with Gasteiger partial charge in [0.15, 0.2) is 0 Å². The van der Waals surface area contributed by atoms with Crippen molar-refractivity contribution < 1.29 is 23.6 Å². The van der Waals surface area contributed by atoms with Crippen molar-refractivity contribution in [3.8, 4) is 0 Å². The van der Waals surface area contributed by atoms with E-state index < -0.39 is 0 Å². The summed E-state index contributed by atoms with van der Waals surface area (Å²) < 4.78 is 6.65. The highest BCUT2D eigenvalue weighted by molar-refractivity contribution is 6.02. The first-order valence-corrected chi connectivity index (χ1v) is 9.33. The fourth-order valence-electron chi connectivity index (χ4n) is 4.78. The van der Waals surface area contributed by atoms with Gasteiger partial charge in [0.25, 0.3) is 0 Å². The minimum atomic E-state index is -0.293. The van der Waals surface area contributed by atoms with Gasteiger partial charge in [0.1, 0.15) is 0 Å². The number of carbonyl (C=O) groups is 3. The van der Waals surface area contributed by atoms with Crippen LogP contribution in [-0.2, 0) is 19.1 Å². The number of nitrogens with zero attached hydrogens (tertiary/aromatic N) is 2. The number of quaternary nitrogens is 1. The predicted molar refractivity (Wildman–Crippen MR) is 87.8 cm³/mol. The van der Waals surface area contributed by atoms with Gasteiger partial charge in [0, 0.05) is 31.7 Å². The first kappa shape index (κ1) is 17.4. The van der Waals surface area contributed by atoms with Crippen molar-refractivity contribution >= 4 is 17.8 Å². The number of fused-ring (bicyclic) bond motifs is 1. The molecule has 3 fully saturated rings. The number of likely N-dealkylation sites (tertiary alicyclic amines) is 1. The van der Waals surface area contributed by atoms with Crippen LogP contribution in [0.5, 0.6) is 0 Å². The third kappa shape index (κ3) is 3.63. The van der Waals surface area contributed by atoms with E-state index in [9.17, 15) is 14.4 Å². The minimum Gasteiger partial charge on any atom is -0.465 e. The number of hydrogen-bond donors (Lipinski definition) is 0. The molecule has 0 bridgehead atoms. The molecule has 0 aliphatic carbocycles. The highest BCUT2D eigenvalue weighted by Crippen LogP contribution is 2.36. The zero-order valence-corrected chi connectivity index (χ0v) is 14.7. The summed E-state index contributed by atoms with van der Waals surface area (Å²) in [6.07, 6.45) is 6.80. The van der Waals surface area contributed by atoms with Crippen LogP contribution in [-0.4, -0.2) is 66.5 Å². The maximum Gasteiger partial charge on any atom is 0.307 e. The van der Waals surface area contributed by atoms with Gasteiger partial charge in [-0.1, -0.05) is 0 Å². The Morgan fingerprint density at radius 1 is 1.12 bits per heavy atom. The van der Waals surface area contributed by atoms with Gasteiger partial charge in [-0.3, -0.25) is 19.3 Å². The number of imide groups is 1. The lowest BCUT2D eigenvalue weighted by Gasteiger charge is -2.51. The van der Waals surface area contributed by atoms with Crippen molar-refractivity contribution in [3.63, 3.8) is 0 Å². The Labute approximate surface area is 143 Å². The summed E-state index contributed by atoms with van der Waals surface area (Å²) in [7, 11) is 2.35. The van der Waals surface area contributed by atoms with Gasteiger partial charge >= 0.3 is 5.97 Å². The zero-order chi connectivity index (χ0) is 17.2. The molecule has 3 aliphatic heterocycles. The third-order valence-electron chi connectivity index (χ3n) is 6.16. The Balaban J connectivity index is 1.45. The molecule has 0 aromatic heterocycles. The summed E-state index contributed by atoms with van der Waals surface area (Å²) >= 11 is 0. The molecular formula is C18H29N2O4+. The van der Waals surface area contributed by atoms with E-state index in [1.54, 1.807) is 0 Å². The first-order valence-electron chi connectivity index (χ1n) is 9.33. The van der Waals surface area contributed by atoms with E-state index in [4.69, 9.17) is 4.74 Å². The summed E-state index contributed by atoms with van der Waals surface area (Å²) in [6.45, 7) is 3.14. The standard InChI is InChI=1S/C18H29N2O4/c1-20-11-3-2-6-15(20)14(5-4-12-20)13-24-18(23)9-10-19-16(21)7-8-17(19)22/h14-15H,2-13H2,1H3/q+1. The second kappa shape index (κ2) is 7.21. The Kier molecular flexibility index (Phi) is 5.23. The molecule has 0 N–H and O–H groups in total. The lowest BCUT2D eigenvalue weighted by atomic mass is 9.82. The van der Waals surface area contributed by atoms with E-state index in [-0.39, 0.29) is 43.6 Å². The quantitative estimate of drug-likeness (QED) is 0.433. The van der Waals surface area contributed by atoms with E-state index in [0.29, 0.717) is 18.6 Å². The van der Waals surface area contributed by atoms with Gasteiger partial charge in [0.2, 0.25) is 11.8 Å². The largest absolute Gasteiger partial charge is 0.465 e. The molecule has 3 atom stereocenters. The number of amides is 2. The highest BCUT2D eigenvalue weighted by atomic mass is 16.5. The Bertz CT molecular complexity index is 501. The molecule has 0 saturated carbocycles. The number of rotatable bonds is 5. The fraction of sp³-hybridized carbons (Fsp3) is 0.833. The predicted octanol–water partition coefficient (Wildman–Crippen LogP) is 1.48. The van der Waals surface area contributed by atoms with E-state index in [1.807, 2.05) is 0 Å². The topological polar surface area (TPSA) is 63.7 Å². The SMILES string of the molecule is C[N+]12CCCCC1C(COC(=O)CCN1C(=O)CCC1=O)CCC2. The Morgan fingerprint density at radius 2 is 1.83 bits per heavy atom. The maximum absolute atomic E-state index is 12.0. The summed E-state index contributed by atoms with van der Waals surface area (Å²) in [5, 5.41) is 0. The summed E-state index contributed by atoms with van der Waals surface area (Å²) in [4.78, 5) is 36.3. The van der Waals surface area contributed by atoms with E-state index in [1.165, 1.54) is 43.7 Å². The molecule has 3 saturated heterocycles. The van der Waals surface area contributed by atoms with Crippen LogP contribution < -0.4 is 0 Å². The Hall–Kier alpha value is -1.43. The fourth-order valence-corrected chi connectivity index (χ4v) is 4.78. The first-order chi connectivity index (χ1) is 11.5. The molecule has 2 amide bonds. The number of ether oxygens (including phenoxy) is 1. The van der Waals surface area contributed by atoms with E-state index in [2.05, 4.69) is 7.05 Å². The van der Waals surface area contributed by atoms with Gasteiger partial charge in [-0.2, -0.15) is 0 Å². The molecule has 3 aliphatic rings. The van der Waals surface area contributed by atoms with Crippen LogP contribution in [0, 0.1) is 5.92 Å². The summed E-state index contributed by atoms with van der Waals surface area (Å²) in [5.74, 6) is -0.188. The van der Waals surface area contributed by atoms with Crippen LogP contribution in [0.15, 0.2) is 0 Å². The lowest BCUT2D eigenvalue weighted by Crippen LogP contribution is -2.61. The van der Waals surface area contributed by atoms with Gasteiger partial charge < -0.3 is 9.22 Å². The normalized spacial score (nSPS) is 33.5. The number of hydrogen-bond acceptors (Lipinski definition) is 4. The molecular weight excluding hydrogens is 308 g/mol. The van der Waals surface area contributed by atoms with Crippen molar-refractivity contribution in [1.82, 2.24) is 4.90 Å². The average molecular weight is 337 g/mol. The van der Waals surface area contributed by atoms with E-state index in [0.717, 1.165) is 10.9 Å². The number of piperidine rings is 2. The smallest absolute Gasteiger partial charge is 0.307 e. The molecule has 24 heavy (non-hydrogen) atoms. The minimum absolute atomic E-state index is 0.112. The second-order valence-electron chi connectivity index (χ2n) is 7.76. The summed E-state index contributed by atoms with van der Waals surface area (Å²) in [6, 6.07) is 0.613. The van der Waals surface area contributed by atoms with Crippen molar-refractivity contribution in [2.24, 2.45) is 5.92 Å². The molecule has 6 nitrogen and oxygen atoms in total. The molecule has 3 rings (SSSR count). The Morgan fingerprint density at radius 3 is 2.58 bits per heavy atom. The molecule has 0 aromatic rings. The van der Waals surface area contributed by atoms with Crippen molar-refractivity contribution in [2.75, 3.05) is 33.3 Å². The summed E-state index contributed by atoms with van der Waals surface area (Å²) in [5.41, 5.74) is 0.